The number of benzene rings is 2. The Morgan fingerprint density at radius 2 is 1.79 bits per heavy atom. The Hall–Kier alpha value is -3.82. The summed E-state index contributed by atoms with van der Waals surface area (Å²) < 4.78 is 5.62. The Kier molecular flexibility index (Phi) is 5.58. The number of anilines is 1. The first-order valence-corrected chi connectivity index (χ1v) is 8.47. The van der Waals surface area contributed by atoms with Crippen LogP contribution >= 0.6 is 11.6 Å². The van der Waals surface area contributed by atoms with Crippen molar-refractivity contribution in [2.45, 2.75) is 0 Å². The van der Waals surface area contributed by atoms with E-state index in [0.717, 1.165) is 0 Å². The molecule has 1 aromatic heterocycles. The van der Waals surface area contributed by atoms with Crippen molar-refractivity contribution in [1.82, 2.24) is 0 Å². The highest BCUT2D eigenvalue weighted by atomic mass is 35.5. The van der Waals surface area contributed by atoms with Crippen LogP contribution in [0.5, 0.6) is 0 Å². The van der Waals surface area contributed by atoms with Gasteiger partial charge in [-0.05, 0) is 42.5 Å². The highest BCUT2D eigenvalue weighted by molar-refractivity contribution is 6.30. The summed E-state index contributed by atoms with van der Waals surface area (Å²) >= 11 is 5.80. The second kappa shape index (κ2) is 8.25. The van der Waals surface area contributed by atoms with Crippen LogP contribution in [0.15, 0.2) is 70.7 Å². The maximum atomic E-state index is 12.3. The molecule has 0 saturated heterocycles. The van der Waals surface area contributed by atoms with Crippen molar-refractivity contribution in [3.63, 3.8) is 0 Å². The van der Waals surface area contributed by atoms with Crippen molar-refractivity contribution < 1.29 is 19.1 Å². The van der Waals surface area contributed by atoms with Crippen molar-refractivity contribution in [3.05, 3.63) is 82.6 Å². The molecule has 6 nitrogen and oxygen atoms in total. The van der Waals surface area contributed by atoms with Gasteiger partial charge in [-0.25, -0.2) is 4.79 Å². The molecule has 0 fully saturated rings. The first kappa shape index (κ1) is 19.0. The number of furan rings is 1. The normalized spacial score (nSPS) is 10.9. The minimum atomic E-state index is -1.08. The number of hydrogen-bond acceptors (Lipinski definition) is 4. The van der Waals surface area contributed by atoms with Gasteiger partial charge in [-0.3, -0.25) is 4.79 Å². The molecular formula is C21H13ClN2O4. The lowest BCUT2D eigenvalue weighted by Gasteiger charge is -2.04. The summed E-state index contributed by atoms with van der Waals surface area (Å²) in [6.45, 7) is 0. The van der Waals surface area contributed by atoms with Crippen LogP contribution in [0.1, 0.15) is 16.1 Å². The lowest BCUT2D eigenvalue weighted by atomic mass is 10.1. The van der Waals surface area contributed by atoms with E-state index >= 15 is 0 Å². The molecule has 0 radical (unpaired) electrons. The highest BCUT2D eigenvalue weighted by Crippen LogP contribution is 2.27. The molecule has 0 bridgehead atoms. The maximum absolute atomic E-state index is 12.3. The van der Waals surface area contributed by atoms with Crippen LogP contribution in [0, 0.1) is 11.3 Å². The Morgan fingerprint density at radius 1 is 1.07 bits per heavy atom. The average molecular weight is 393 g/mol. The second-order valence-corrected chi connectivity index (χ2v) is 6.12. The number of nitriles is 1. The molecule has 2 N–H and O–H groups in total. The number of amides is 1. The van der Waals surface area contributed by atoms with Crippen molar-refractivity contribution in [3.8, 4) is 17.4 Å². The number of aromatic carboxylic acids is 1. The van der Waals surface area contributed by atoms with E-state index in [1.807, 2.05) is 6.07 Å². The fourth-order valence-electron chi connectivity index (χ4n) is 2.48. The van der Waals surface area contributed by atoms with E-state index in [9.17, 15) is 20.0 Å². The topological polar surface area (TPSA) is 103 Å². The van der Waals surface area contributed by atoms with Gasteiger partial charge in [-0.2, -0.15) is 5.26 Å². The number of carboxylic acid groups (broad SMARTS) is 1. The van der Waals surface area contributed by atoms with Crippen LogP contribution in [0.2, 0.25) is 5.02 Å². The summed E-state index contributed by atoms with van der Waals surface area (Å²) in [5.74, 6) is -1.12. The smallest absolute Gasteiger partial charge is 0.336 e. The van der Waals surface area contributed by atoms with Crippen LogP contribution in [-0.2, 0) is 4.79 Å². The third-order valence-electron chi connectivity index (χ3n) is 3.80. The quantitative estimate of drug-likeness (QED) is 0.477. The van der Waals surface area contributed by atoms with E-state index in [2.05, 4.69) is 5.32 Å². The number of rotatable bonds is 5. The van der Waals surface area contributed by atoms with Crippen molar-refractivity contribution >= 4 is 35.2 Å². The molecular weight excluding hydrogens is 380 g/mol. The van der Waals surface area contributed by atoms with Gasteiger partial charge in [-0.1, -0.05) is 29.8 Å². The standard InChI is InChI=1S/C21H13ClN2O4/c22-14-5-7-15(8-6-14)24-20(25)13(12-23)11-16-9-10-19(28-16)17-3-1-2-4-18(17)21(26)27/h1-11H,(H,24,25)(H,26,27)/b13-11-. The molecule has 3 aromatic rings. The fourth-order valence-corrected chi connectivity index (χ4v) is 2.61. The minimum absolute atomic E-state index is 0.0911. The molecule has 1 amide bonds. The summed E-state index contributed by atoms with van der Waals surface area (Å²) in [6, 6.07) is 17.8. The number of hydrogen-bond donors (Lipinski definition) is 2. The number of carbonyl (C=O) groups is 2. The Labute approximate surface area is 165 Å². The average Bonchev–Trinajstić information content (AvgIpc) is 3.16. The molecule has 0 unspecified atom stereocenters. The van der Waals surface area contributed by atoms with Crippen LogP contribution in [0.4, 0.5) is 5.69 Å². The van der Waals surface area contributed by atoms with Gasteiger partial charge in [-0.15, -0.1) is 0 Å². The van der Waals surface area contributed by atoms with E-state index in [1.54, 1.807) is 54.6 Å². The molecule has 7 heteroatoms. The minimum Gasteiger partial charge on any atom is -0.478 e. The van der Waals surface area contributed by atoms with Gasteiger partial charge in [0.15, 0.2) is 0 Å². The molecule has 0 aliphatic rings. The summed E-state index contributed by atoms with van der Waals surface area (Å²) in [4.78, 5) is 23.7. The summed E-state index contributed by atoms with van der Waals surface area (Å²) in [6.07, 6.45) is 1.29. The Bertz CT molecular complexity index is 1110. The van der Waals surface area contributed by atoms with Crippen molar-refractivity contribution in [2.24, 2.45) is 0 Å². The van der Waals surface area contributed by atoms with E-state index in [1.165, 1.54) is 12.1 Å². The number of carbonyl (C=O) groups excluding carboxylic acids is 1. The van der Waals surface area contributed by atoms with E-state index < -0.39 is 11.9 Å². The maximum Gasteiger partial charge on any atom is 0.336 e. The Morgan fingerprint density at radius 3 is 2.46 bits per heavy atom. The zero-order valence-corrected chi connectivity index (χ0v) is 15.1. The second-order valence-electron chi connectivity index (χ2n) is 5.68. The lowest BCUT2D eigenvalue weighted by molar-refractivity contribution is -0.112. The van der Waals surface area contributed by atoms with Crippen molar-refractivity contribution in [1.29, 1.82) is 5.26 Å². The largest absolute Gasteiger partial charge is 0.478 e. The van der Waals surface area contributed by atoms with Gasteiger partial charge in [0.2, 0.25) is 0 Å². The van der Waals surface area contributed by atoms with E-state index in [-0.39, 0.29) is 16.9 Å². The molecule has 0 aliphatic carbocycles. The predicted octanol–water partition coefficient (Wildman–Crippen LogP) is 4.84. The molecule has 0 saturated carbocycles. The van der Waals surface area contributed by atoms with Crippen molar-refractivity contribution in [2.75, 3.05) is 5.32 Å². The molecule has 0 spiro atoms. The lowest BCUT2D eigenvalue weighted by Crippen LogP contribution is -2.13. The fraction of sp³-hybridized carbons (Fsp3) is 0. The van der Waals surface area contributed by atoms with E-state index in [0.29, 0.717) is 22.0 Å². The van der Waals surface area contributed by atoms with Gasteiger partial charge in [0.1, 0.15) is 23.2 Å². The first-order valence-electron chi connectivity index (χ1n) is 8.09. The SMILES string of the molecule is N#C/C(=C/c1ccc(-c2ccccc2C(=O)O)o1)C(=O)Nc1ccc(Cl)cc1. The third-order valence-corrected chi connectivity index (χ3v) is 4.06. The summed E-state index contributed by atoms with van der Waals surface area (Å²) in [5.41, 5.74) is 0.820. The van der Waals surface area contributed by atoms with Gasteiger partial charge >= 0.3 is 5.97 Å². The molecule has 3 rings (SSSR count). The van der Waals surface area contributed by atoms with Crippen LogP contribution < -0.4 is 5.32 Å². The van der Waals surface area contributed by atoms with Gasteiger partial charge in [0.05, 0.1) is 5.56 Å². The van der Waals surface area contributed by atoms with Crippen LogP contribution in [0.25, 0.3) is 17.4 Å². The molecule has 1 heterocycles. The van der Waals surface area contributed by atoms with Crippen LogP contribution in [-0.4, -0.2) is 17.0 Å². The first-order chi connectivity index (χ1) is 13.5. The number of nitrogens with one attached hydrogen (secondary N) is 1. The molecule has 0 atom stereocenters. The molecule has 0 aliphatic heterocycles. The van der Waals surface area contributed by atoms with Crippen LogP contribution in [0.3, 0.4) is 0 Å². The highest BCUT2D eigenvalue weighted by Gasteiger charge is 2.15. The Balaban J connectivity index is 1.85. The summed E-state index contributed by atoms with van der Waals surface area (Å²) in [5, 5.41) is 21.7. The number of nitrogens with zero attached hydrogens (tertiary/aromatic N) is 1. The van der Waals surface area contributed by atoms with Gasteiger partial charge in [0, 0.05) is 22.3 Å². The molecule has 28 heavy (non-hydrogen) atoms. The number of carboxylic acids is 1. The van der Waals surface area contributed by atoms with Gasteiger partial charge in [0.25, 0.3) is 5.91 Å². The molecule has 2 aromatic carbocycles. The van der Waals surface area contributed by atoms with E-state index in [4.69, 9.17) is 16.0 Å². The monoisotopic (exact) mass is 392 g/mol. The van der Waals surface area contributed by atoms with Gasteiger partial charge < -0.3 is 14.8 Å². The zero-order valence-electron chi connectivity index (χ0n) is 14.3. The molecule has 138 valence electrons. The zero-order chi connectivity index (χ0) is 20.1. The third kappa shape index (κ3) is 4.29. The number of halogens is 1. The predicted molar refractivity (Wildman–Crippen MR) is 105 cm³/mol. The summed E-state index contributed by atoms with van der Waals surface area (Å²) in [7, 11) is 0.